The number of rotatable bonds is 9. The Hall–Kier alpha value is -2.94. The fourth-order valence-electron chi connectivity index (χ4n) is 3.34. The van der Waals surface area contributed by atoms with Gasteiger partial charge in [-0.1, -0.05) is 35.6 Å². The Bertz CT molecular complexity index is 1220. The number of anilines is 1. The lowest BCUT2D eigenvalue weighted by atomic mass is 10.2. The van der Waals surface area contributed by atoms with E-state index in [9.17, 15) is 8.78 Å². The lowest BCUT2D eigenvalue weighted by Crippen LogP contribution is -2.28. The normalized spacial score (nSPS) is 10.7. The number of thiazole rings is 1. The summed E-state index contributed by atoms with van der Waals surface area (Å²) in [6.45, 7) is 1.69. The Morgan fingerprint density at radius 3 is 2.61 bits per heavy atom. The topological polar surface area (TPSA) is 60.6 Å². The van der Waals surface area contributed by atoms with Gasteiger partial charge in [-0.3, -0.25) is 0 Å². The van der Waals surface area contributed by atoms with E-state index in [-0.39, 0.29) is 30.6 Å². The fourth-order valence-corrected chi connectivity index (χ4v) is 4.31. The quantitative estimate of drug-likeness (QED) is 0.332. The maximum Gasteiger partial charge on any atom is 0.186 e. The summed E-state index contributed by atoms with van der Waals surface area (Å²) in [5.41, 5.74) is 7.90. The van der Waals surface area contributed by atoms with E-state index in [1.165, 1.54) is 29.5 Å². The van der Waals surface area contributed by atoms with Crippen LogP contribution in [0.25, 0.3) is 10.2 Å². The van der Waals surface area contributed by atoms with Crippen LogP contribution in [0.5, 0.6) is 11.5 Å². The van der Waals surface area contributed by atoms with E-state index in [2.05, 4.69) is 9.88 Å². The van der Waals surface area contributed by atoms with Crippen LogP contribution in [-0.4, -0.2) is 25.2 Å². The minimum atomic E-state index is -0.310. The summed E-state index contributed by atoms with van der Waals surface area (Å²) in [4.78, 5) is 6.63. The average Bonchev–Trinajstić information content (AvgIpc) is 3.22. The van der Waals surface area contributed by atoms with E-state index in [4.69, 9.17) is 15.2 Å². The zero-order chi connectivity index (χ0) is 22.5. The second-order valence-corrected chi connectivity index (χ2v) is 8.19. The van der Waals surface area contributed by atoms with E-state index in [0.29, 0.717) is 42.2 Å². The highest BCUT2D eigenvalue weighted by molar-refractivity contribution is 7.22. The summed E-state index contributed by atoms with van der Waals surface area (Å²) < 4.78 is 39.6. The molecule has 0 radical (unpaired) electrons. The Kier molecular flexibility index (Phi) is 8.43. The predicted molar refractivity (Wildman–Crippen MR) is 131 cm³/mol. The third-order valence-corrected chi connectivity index (χ3v) is 6.05. The molecule has 0 aliphatic rings. The van der Waals surface area contributed by atoms with Crippen molar-refractivity contribution >= 4 is 39.1 Å². The fraction of sp³-hybridized carbons (Fsp3) is 0.208. The van der Waals surface area contributed by atoms with Crippen LogP contribution in [-0.2, 0) is 13.2 Å². The molecule has 9 heteroatoms. The van der Waals surface area contributed by atoms with E-state index >= 15 is 0 Å². The molecular weight excluding hydrogens is 468 g/mol. The van der Waals surface area contributed by atoms with Crippen molar-refractivity contribution in [3.8, 4) is 11.5 Å². The van der Waals surface area contributed by atoms with Crippen LogP contribution >= 0.6 is 23.7 Å². The highest BCUT2D eigenvalue weighted by Gasteiger charge is 2.15. The summed E-state index contributed by atoms with van der Waals surface area (Å²) in [5, 5.41) is 0.773. The van der Waals surface area contributed by atoms with Crippen molar-refractivity contribution in [1.29, 1.82) is 0 Å². The van der Waals surface area contributed by atoms with Gasteiger partial charge in [0.2, 0.25) is 0 Å². The number of ether oxygens (including phenoxy) is 2. The molecule has 0 saturated heterocycles. The molecule has 4 aromatic rings. The number of fused-ring (bicyclic) bond motifs is 1. The molecule has 0 aliphatic heterocycles. The molecule has 33 heavy (non-hydrogen) atoms. The van der Waals surface area contributed by atoms with Crippen molar-refractivity contribution in [1.82, 2.24) is 4.98 Å². The van der Waals surface area contributed by atoms with E-state index in [0.717, 1.165) is 15.4 Å². The standard InChI is InChI=1S/C24H23F2N3O2S.ClH/c1-30-22-12-16(6-8-21(22)31-15-17-4-2-3-5-19(17)26)14-29(11-10-27)24-28-20-13-18(25)7-9-23(20)32-24;/h2-9,12-13H,10-11,14-15,27H2,1H3;1H. The monoisotopic (exact) mass is 491 g/mol. The Morgan fingerprint density at radius 1 is 1.03 bits per heavy atom. The number of hydrogen-bond donors (Lipinski definition) is 1. The number of hydrogen-bond acceptors (Lipinski definition) is 6. The molecule has 0 amide bonds. The molecule has 2 N–H and O–H groups in total. The van der Waals surface area contributed by atoms with Gasteiger partial charge in [-0.25, -0.2) is 13.8 Å². The van der Waals surface area contributed by atoms with Crippen molar-refractivity contribution in [2.75, 3.05) is 25.1 Å². The van der Waals surface area contributed by atoms with Crippen LogP contribution in [0.1, 0.15) is 11.1 Å². The lowest BCUT2D eigenvalue weighted by Gasteiger charge is -2.22. The molecule has 0 saturated carbocycles. The maximum absolute atomic E-state index is 13.9. The first-order chi connectivity index (χ1) is 15.6. The van der Waals surface area contributed by atoms with Gasteiger partial charge in [0.25, 0.3) is 0 Å². The summed E-state index contributed by atoms with van der Waals surface area (Å²) in [6, 6.07) is 16.7. The first kappa shape index (κ1) is 24.7. The second kappa shape index (κ2) is 11.3. The highest BCUT2D eigenvalue weighted by Crippen LogP contribution is 2.32. The maximum atomic E-state index is 13.9. The third kappa shape index (κ3) is 5.90. The van der Waals surface area contributed by atoms with Crippen LogP contribution in [0.15, 0.2) is 60.7 Å². The molecule has 3 aromatic carbocycles. The number of aromatic nitrogens is 1. The smallest absolute Gasteiger partial charge is 0.186 e. The van der Waals surface area contributed by atoms with Crippen LogP contribution in [0, 0.1) is 11.6 Å². The molecule has 5 nitrogen and oxygen atoms in total. The predicted octanol–water partition coefficient (Wildman–Crippen LogP) is 5.55. The van der Waals surface area contributed by atoms with Crippen molar-refractivity contribution in [3.63, 3.8) is 0 Å². The van der Waals surface area contributed by atoms with E-state index in [1.807, 2.05) is 18.2 Å². The zero-order valence-corrected chi connectivity index (χ0v) is 19.6. The van der Waals surface area contributed by atoms with Crippen molar-refractivity contribution in [2.24, 2.45) is 5.73 Å². The van der Waals surface area contributed by atoms with Gasteiger partial charge in [-0.05, 0) is 35.9 Å². The second-order valence-electron chi connectivity index (χ2n) is 7.18. The molecule has 0 unspecified atom stereocenters. The highest BCUT2D eigenvalue weighted by atomic mass is 35.5. The molecule has 0 atom stereocenters. The number of benzene rings is 3. The molecule has 4 rings (SSSR count). The molecule has 0 bridgehead atoms. The van der Waals surface area contributed by atoms with Gasteiger partial charge >= 0.3 is 0 Å². The van der Waals surface area contributed by atoms with Crippen LogP contribution in [0.3, 0.4) is 0 Å². The van der Waals surface area contributed by atoms with Gasteiger partial charge in [-0.2, -0.15) is 0 Å². The minimum Gasteiger partial charge on any atom is -0.493 e. The van der Waals surface area contributed by atoms with Gasteiger partial charge in [0.1, 0.15) is 18.2 Å². The van der Waals surface area contributed by atoms with Gasteiger partial charge in [-0.15, -0.1) is 12.4 Å². The Labute approximate surface area is 201 Å². The number of nitrogens with zero attached hydrogens (tertiary/aromatic N) is 2. The summed E-state index contributed by atoms with van der Waals surface area (Å²) in [7, 11) is 1.56. The molecule has 0 spiro atoms. The summed E-state index contributed by atoms with van der Waals surface area (Å²) in [5.74, 6) is 0.463. The number of nitrogens with two attached hydrogens (primary N) is 1. The summed E-state index contributed by atoms with van der Waals surface area (Å²) in [6.07, 6.45) is 0. The molecule has 0 fully saturated rings. The average molecular weight is 492 g/mol. The minimum absolute atomic E-state index is 0. The largest absolute Gasteiger partial charge is 0.493 e. The van der Waals surface area contributed by atoms with Crippen molar-refractivity contribution < 1.29 is 18.3 Å². The Morgan fingerprint density at radius 2 is 1.85 bits per heavy atom. The van der Waals surface area contributed by atoms with E-state index < -0.39 is 0 Å². The molecule has 0 aliphatic carbocycles. The first-order valence-electron chi connectivity index (χ1n) is 10.1. The van der Waals surface area contributed by atoms with Crippen LogP contribution < -0.4 is 20.1 Å². The van der Waals surface area contributed by atoms with Crippen LogP contribution in [0.4, 0.5) is 13.9 Å². The zero-order valence-electron chi connectivity index (χ0n) is 18.0. The molecule has 174 valence electrons. The van der Waals surface area contributed by atoms with Crippen molar-refractivity contribution in [2.45, 2.75) is 13.2 Å². The molecular formula is C24H24ClF2N3O2S. The third-order valence-electron chi connectivity index (χ3n) is 4.95. The summed E-state index contributed by atoms with van der Waals surface area (Å²) >= 11 is 1.49. The van der Waals surface area contributed by atoms with E-state index in [1.54, 1.807) is 31.4 Å². The Balaban J connectivity index is 0.00000306. The van der Waals surface area contributed by atoms with Gasteiger partial charge < -0.3 is 20.1 Å². The van der Waals surface area contributed by atoms with Gasteiger partial charge in [0.05, 0.1) is 17.3 Å². The molecule has 1 heterocycles. The van der Waals surface area contributed by atoms with Crippen LogP contribution in [0.2, 0.25) is 0 Å². The first-order valence-corrected chi connectivity index (χ1v) is 10.9. The lowest BCUT2D eigenvalue weighted by molar-refractivity contribution is 0.279. The van der Waals surface area contributed by atoms with Gasteiger partial charge in [0, 0.05) is 31.3 Å². The van der Waals surface area contributed by atoms with Gasteiger partial charge in [0.15, 0.2) is 16.6 Å². The number of methoxy groups -OCH3 is 1. The number of halogens is 3. The molecule has 1 aromatic heterocycles. The SMILES string of the molecule is COc1cc(CN(CCN)c2nc3cc(F)ccc3s2)ccc1OCc1ccccc1F.Cl. The van der Waals surface area contributed by atoms with Crippen molar-refractivity contribution in [3.05, 3.63) is 83.4 Å².